The summed E-state index contributed by atoms with van der Waals surface area (Å²) in [6.07, 6.45) is 4.49. The first kappa shape index (κ1) is 31.4. The van der Waals surface area contributed by atoms with Gasteiger partial charge in [-0.05, 0) is 144 Å². The summed E-state index contributed by atoms with van der Waals surface area (Å²) in [5.41, 5.74) is 13.1. The van der Waals surface area contributed by atoms with Gasteiger partial charge in [-0.3, -0.25) is 0 Å². The minimum absolute atomic E-state index is 0.0156. The smallest absolute Gasteiger partial charge is 0.0468 e. The van der Waals surface area contributed by atoms with Gasteiger partial charge < -0.3 is 9.80 Å². The van der Waals surface area contributed by atoms with Gasteiger partial charge in [0.15, 0.2) is 0 Å². The lowest BCUT2D eigenvalue weighted by Crippen LogP contribution is -2.22. The molecule has 0 fully saturated rings. The van der Waals surface area contributed by atoms with Crippen LogP contribution in [0.4, 0.5) is 34.1 Å². The molecule has 8 aromatic carbocycles. The summed E-state index contributed by atoms with van der Waals surface area (Å²) in [4.78, 5) is 4.90. The van der Waals surface area contributed by atoms with Crippen LogP contribution < -0.4 is 9.80 Å². The molecule has 0 N–H and O–H groups in total. The molecule has 0 unspecified atom stereocenters. The fourth-order valence-electron chi connectivity index (χ4n) is 9.46. The molecule has 0 bridgehead atoms. The van der Waals surface area contributed by atoms with Gasteiger partial charge >= 0.3 is 0 Å². The first-order valence-electron chi connectivity index (χ1n) is 19.1. The zero-order chi connectivity index (χ0) is 35.6. The molecule has 1 heterocycles. The maximum Gasteiger partial charge on any atom is 0.0468 e. The van der Waals surface area contributed by atoms with Crippen molar-refractivity contribution >= 4 is 76.4 Å². The average molecular weight is 711 g/mol. The zero-order valence-electron chi connectivity index (χ0n) is 30.0. The molecule has 0 radical (unpaired) electrons. The first-order valence-corrected chi connectivity index (χ1v) is 19.9. The van der Waals surface area contributed by atoms with E-state index in [2.05, 4.69) is 192 Å². The van der Waals surface area contributed by atoms with Crippen molar-refractivity contribution in [3.8, 4) is 0 Å². The first-order chi connectivity index (χ1) is 26.7. The van der Waals surface area contributed by atoms with Crippen LogP contribution in [0.1, 0.15) is 35.1 Å². The van der Waals surface area contributed by atoms with Gasteiger partial charge in [0.1, 0.15) is 0 Å². The fraction of sp³-hybridized carbons (Fsp3) is 0.0980. The Balaban J connectivity index is 1.07. The van der Waals surface area contributed by atoms with E-state index in [0.717, 1.165) is 25.7 Å². The SMILES string of the molecule is c1ccc(N(c2ccccc2)c2ccc3c(c2)[C@@]2(CC3)CCc3ccc(N(c4ccc5ccccc5c4)c4ccc5sc6ccccc6c5c4)cc32)cc1. The Hall–Kier alpha value is -6.16. The second-order valence-corrected chi connectivity index (χ2v) is 16.0. The van der Waals surface area contributed by atoms with E-state index < -0.39 is 0 Å². The molecule has 1 spiro atoms. The van der Waals surface area contributed by atoms with E-state index in [1.54, 1.807) is 0 Å². The molecule has 0 amide bonds. The molecule has 2 aliphatic rings. The number of nitrogens with zero attached hydrogens (tertiary/aromatic N) is 2. The predicted octanol–water partition coefficient (Wildman–Crippen LogP) is 14.3. The number of anilines is 6. The molecule has 2 aliphatic carbocycles. The van der Waals surface area contributed by atoms with Crippen LogP contribution in [0, 0.1) is 0 Å². The molecule has 0 saturated heterocycles. The quantitative estimate of drug-likeness (QED) is 0.169. The van der Waals surface area contributed by atoms with E-state index in [1.807, 2.05) is 11.3 Å². The Bertz CT molecular complexity index is 2810. The zero-order valence-corrected chi connectivity index (χ0v) is 30.8. The third kappa shape index (κ3) is 4.99. The highest BCUT2D eigenvalue weighted by molar-refractivity contribution is 7.25. The molecular formula is C51H38N2S. The van der Waals surface area contributed by atoms with Crippen LogP contribution >= 0.6 is 11.3 Å². The summed E-state index contributed by atoms with van der Waals surface area (Å²) in [7, 11) is 0. The van der Waals surface area contributed by atoms with E-state index in [1.165, 1.54) is 87.3 Å². The van der Waals surface area contributed by atoms with Crippen LogP contribution in [-0.2, 0) is 18.3 Å². The van der Waals surface area contributed by atoms with Crippen molar-refractivity contribution in [1.29, 1.82) is 0 Å². The Morgan fingerprint density at radius 2 is 0.870 bits per heavy atom. The van der Waals surface area contributed by atoms with Gasteiger partial charge in [0.2, 0.25) is 0 Å². The molecule has 54 heavy (non-hydrogen) atoms. The second kappa shape index (κ2) is 12.5. The number of hydrogen-bond acceptors (Lipinski definition) is 3. The molecule has 3 heteroatoms. The molecule has 0 saturated carbocycles. The molecule has 11 rings (SSSR count). The van der Waals surface area contributed by atoms with Crippen molar-refractivity contribution in [2.45, 2.75) is 31.1 Å². The number of fused-ring (bicyclic) bond motifs is 8. The number of para-hydroxylation sites is 2. The third-order valence-electron chi connectivity index (χ3n) is 12.0. The summed E-state index contributed by atoms with van der Waals surface area (Å²) < 4.78 is 2.66. The van der Waals surface area contributed by atoms with Gasteiger partial charge in [-0.25, -0.2) is 0 Å². The lowest BCUT2D eigenvalue weighted by molar-refractivity contribution is 0.507. The topological polar surface area (TPSA) is 6.48 Å². The van der Waals surface area contributed by atoms with Crippen molar-refractivity contribution < 1.29 is 0 Å². The molecule has 9 aromatic rings. The van der Waals surface area contributed by atoms with Crippen LogP contribution in [0.15, 0.2) is 182 Å². The number of benzene rings is 8. The minimum atomic E-state index is -0.0156. The molecule has 1 aromatic heterocycles. The van der Waals surface area contributed by atoms with E-state index in [9.17, 15) is 0 Å². The van der Waals surface area contributed by atoms with Gasteiger partial charge in [0, 0.05) is 59.7 Å². The summed E-state index contributed by atoms with van der Waals surface area (Å²) in [5.74, 6) is 0. The number of rotatable bonds is 6. The van der Waals surface area contributed by atoms with E-state index in [-0.39, 0.29) is 5.41 Å². The van der Waals surface area contributed by atoms with Gasteiger partial charge in [0.05, 0.1) is 0 Å². The minimum Gasteiger partial charge on any atom is -0.310 e. The Kier molecular flexibility index (Phi) is 7.25. The summed E-state index contributed by atoms with van der Waals surface area (Å²) >= 11 is 1.88. The van der Waals surface area contributed by atoms with Crippen molar-refractivity contribution in [2.24, 2.45) is 0 Å². The van der Waals surface area contributed by atoms with Crippen molar-refractivity contribution in [2.75, 3.05) is 9.80 Å². The van der Waals surface area contributed by atoms with Crippen molar-refractivity contribution in [1.82, 2.24) is 0 Å². The summed E-state index contributed by atoms with van der Waals surface area (Å²) in [6, 6.07) is 67.6. The van der Waals surface area contributed by atoms with Crippen LogP contribution in [0.25, 0.3) is 30.9 Å². The largest absolute Gasteiger partial charge is 0.310 e. The summed E-state index contributed by atoms with van der Waals surface area (Å²) in [5, 5.41) is 5.14. The van der Waals surface area contributed by atoms with Gasteiger partial charge in [-0.2, -0.15) is 0 Å². The summed E-state index contributed by atoms with van der Waals surface area (Å²) in [6.45, 7) is 0. The monoisotopic (exact) mass is 710 g/mol. The Labute approximate surface area is 320 Å². The highest BCUT2D eigenvalue weighted by Gasteiger charge is 2.45. The third-order valence-corrected chi connectivity index (χ3v) is 13.2. The number of hydrogen-bond donors (Lipinski definition) is 0. The molecule has 0 aliphatic heterocycles. The van der Waals surface area contributed by atoms with Crippen LogP contribution in [-0.4, -0.2) is 0 Å². The average Bonchev–Trinajstić information content (AvgIpc) is 3.92. The maximum absolute atomic E-state index is 2.54. The molecule has 2 nitrogen and oxygen atoms in total. The van der Waals surface area contributed by atoms with Crippen LogP contribution in [0.5, 0.6) is 0 Å². The molecule has 258 valence electrons. The predicted molar refractivity (Wildman–Crippen MR) is 230 cm³/mol. The number of thiophene rings is 1. The van der Waals surface area contributed by atoms with E-state index in [4.69, 9.17) is 0 Å². The van der Waals surface area contributed by atoms with E-state index in [0.29, 0.717) is 0 Å². The lowest BCUT2D eigenvalue weighted by atomic mass is 9.76. The van der Waals surface area contributed by atoms with Crippen molar-refractivity contribution in [3.05, 3.63) is 204 Å². The number of aryl methyl sites for hydroxylation is 2. The van der Waals surface area contributed by atoms with Gasteiger partial charge in [0.25, 0.3) is 0 Å². The lowest BCUT2D eigenvalue weighted by Gasteiger charge is -2.31. The van der Waals surface area contributed by atoms with Crippen LogP contribution in [0.2, 0.25) is 0 Å². The highest BCUT2D eigenvalue weighted by Crippen LogP contribution is 2.55. The molecular weight excluding hydrogens is 673 g/mol. The Morgan fingerprint density at radius 3 is 1.56 bits per heavy atom. The van der Waals surface area contributed by atoms with Crippen molar-refractivity contribution in [3.63, 3.8) is 0 Å². The fourth-order valence-corrected chi connectivity index (χ4v) is 10.5. The second-order valence-electron chi connectivity index (χ2n) is 14.9. The maximum atomic E-state index is 2.54. The Morgan fingerprint density at radius 1 is 0.370 bits per heavy atom. The highest BCUT2D eigenvalue weighted by atomic mass is 32.1. The van der Waals surface area contributed by atoms with Gasteiger partial charge in [-0.1, -0.05) is 97.1 Å². The molecule has 1 atom stereocenters. The standard InChI is InChI=1S/C51H38N2S/c1-3-13-39(14-4-1)52(40-15-5-2-6-16-40)43-23-20-36-27-29-51(47(36)33-43)30-28-37-21-24-44(34-48(37)51)53(41-22-19-35-11-7-8-12-38(35)31-41)42-25-26-50-46(32-42)45-17-9-10-18-49(45)54-50/h1-26,31-34H,27-30H2/t51-/m1/s1. The van der Waals surface area contributed by atoms with Gasteiger partial charge in [-0.15, -0.1) is 11.3 Å². The van der Waals surface area contributed by atoms with E-state index >= 15 is 0 Å². The normalized spacial score (nSPS) is 15.9. The van der Waals surface area contributed by atoms with Crippen LogP contribution in [0.3, 0.4) is 0 Å².